The number of unbranched alkanes of at least 4 members (excludes halogenated alkanes) is 2. The van der Waals surface area contributed by atoms with Crippen molar-refractivity contribution in [3.63, 3.8) is 0 Å². The highest BCUT2D eigenvalue weighted by molar-refractivity contribution is 4.88. The van der Waals surface area contributed by atoms with Crippen molar-refractivity contribution in [3.8, 4) is 0 Å². The van der Waals surface area contributed by atoms with Gasteiger partial charge < -0.3 is 10.0 Å². The maximum Gasteiger partial charge on any atom is 0.0793 e. The Morgan fingerprint density at radius 3 is 2.35 bits per heavy atom. The molecule has 2 rings (SSSR count). The summed E-state index contributed by atoms with van der Waals surface area (Å²) in [6, 6.07) is 0.770. The number of aliphatic hydroxyl groups is 1. The molecule has 0 aromatic carbocycles. The normalized spacial score (nSPS) is 27.1. The molecule has 0 spiro atoms. The van der Waals surface area contributed by atoms with Crippen LogP contribution in [0.1, 0.15) is 78.1 Å². The Kier molecular flexibility index (Phi) is 8.92. The molecule has 1 saturated heterocycles. The van der Waals surface area contributed by atoms with E-state index in [4.69, 9.17) is 0 Å². The lowest BCUT2D eigenvalue weighted by Crippen LogP contribution is -2.51. The molecule has 1 unspecified atom stereocenters. The molecule has 1 aliphatic carbocycles. The summed E-state index contributed by atoms with van der Waals surface area (Å²) in [7, 11) is 0. The molecule has 0 bridgehead atoms. The van der Waals surface area contributed by atoms with Crippen LogP contribution in [0.3, 0.4) is 0 Å². The Morgan fingerprint density at radius 2 is 1.65 bits per heavy atom. The van der Waals surface area contributed by atoms with E-state index in [0.717, 1.165) is 38.1 Å². The number of piperidine rings is 1. The van der Waals surface area contributed by atoms with Gasteiger partial charge in [0.2, 0.25) is 0 Å². The molecule has 1 heterocycles. The summed E-state index contributed by atoms with van der Waals surface area (Å²) in [4.78, 5) is 5.13. The molecule has 0 aromatic rings. The molecule has 2 aliphatic rings. The maximum absolute atomic E-state index is 10.7. The van der Waals surface area contributed by atoms with Crippen LogP contribution >= 0.6 is 0 Å². The lowest BCUT2D eigenvalue weighted by Gasteiger charge is -2.45. The fourth-order valence-corrected chi connectivity index (χ4v) is 4.64. The molecule has 1 saturated carbocycles. The van der Waals surface area contributed by atoms with E-state index in [1.807, 2.05) is 0 Å². The predicted octanol–water partition coefficient (Wildman–Crippen LogP) is 3.90. The summed E-state index contributed by atoms with van der Waals surface area (Å²) in [6.45, 7) is 9.79. The van der Waals surface area contributed by atoms with E-state index < -0.39 is 0 Å². The third kappa shape index (κ3) is 6.36. The van der Waals surface area contributed by atoms with Crippen LogP contribution in [0, 0.1) is 5.92 Å². The van der Waals surface area contributed by atoms with E-state index in [-0.39, 0.29) is 6.10 Å². The molecule has 0 radical (unpaired) electrons. The van der Waals surface area contributed by atoms with E-state index in [1.165, 1.54) is 70.8 Å². The molecule has 3 nitrogen and oxygen atoms in total. The number of likely N-dealkylation sites (tertiary alicyclic amines) is 1. The van der Waals surface area contributed by atoms with Crippen LogP contribution < -0.4 is 0 Å². The van der Waals surface area contributed by atoms with Gasteiger partial charge in [-0.25, -0.2) is 0 Å². The van der Waals surface area contributed by atoms with Crippen molar-refractivity contribution >= 4 is 0 Å². The topological polar surface area (TPSA) is 26.7 Å². The number of β-amino-alcohol motifs (C(OH)–C–C–N with tert-alkyl or cyclic N) is 1. The van der Waals surface area contributed by atoms with Gasteiger partial charge in [0.25, 0.3) is 0 Å². The standard InChI is InChI=1S/C20H40N2O/c1-3-5-13-21(14-6-4-2)16-19(23)17-22-15-9-11-18-10-7-8-12-20(18)22/h18-20,23H,3-17H2,1-2H3/t18-,19?,20+/m1/s1. The molecule has 2 fully saturated rings. The number of nitrogens with zero attached hydrogens (tertiary/aromatic N) is 2. The van der Waals surface area contributed by atoms with E-state index in [1.54, 1.807) is 0 Å². The predicted molar refractivity (Wildman–Crippen MR) is 98.8 cm³/mol. The molecule has 3 atom stereocenters. The van der Waals surface area contributed by atoms with Gasteiger partial charge in [-0.05, 0) is 64.1 Å². The first-order valence-electron chi connectivity index (χ1n) is 10.4. The van der Waals surface area contributed by atoms with Gasteiger partial charge >= 0.3 is 0 Å². The minimum atomic E-state index is -0.176. The van der Waals surface area contributed by atoms with Gasteiger partial charge in [0.1, 0.15) is 0 Å². The first-order valence-corrected chi connectivity index (χ1v) is 10.4. The van der Waals surface area contributed by atoms with Crippen LogP contribution in [0.5, 0.6) is 0 Å². The summed E-state index contributed by atoms with van der Waals surface area (Å²) in [5, 5.41) is 10.7. The third-order valence-corrected chi connectivity index (χ3v) is 5.93. The number of rotatable bonds is 10. The fraction of sp³-hybridized carbons (Fsp3) is 1.00. The summed E-state index contributed by atoms with van der Waals surface area (Å²) >= 11 is 0. The average molecular weight is 325 g/mol. The fourth-order valence-electron chi connectivity index (χ4n) is 4.64. The largest absolute Gasteiger partial charge is 0.390 e. The van der Waals surface area contributed by atoms with Gasteiger partial charge in [0, 0.05) is 19.1 Å². The molecule has 136 valence electrons. The van der Waals surface area contributed by atoms with Crippen LogP contribution in [0.15, 0.2) is 0 Å². The van der Waals surface area contributed by atoms with Crippen molar-refractivity contribution in [2.24, 2.45) is 5.92 Å². The van der Waals surface area contributed by atoms with Gasteiger partial charge in [-0.15, -0.1) is 0 Å². The molecule has 0 amide bonds. The molecule has 1 N–H and O–H groups in total. The highest BCUT2D eigenvalue weighted by atomic mass is 16.3. The zero-order chi connectivity index (χ0) is 16.5. The van der Waals surface area contributed by atoms with Crippen LogP contribution in [0.25, 0.3) is 0 Å². The second-order valence-electron chi connectivity index (χ2n) is 7.91. The van der Waals surface area contributed by atoms with Crippen molar-refractivity contribution < 1.29 is 5.11 Å². The second kappa shape index (κ2) is 10.7. The molecule has 23 heavy (non-hydrogen) atoms. The van der Waals surface area contributed by atoms with Crippen LogP contribution in [-0.2, 0) is 0 Å². The van der Waals surface area contributed by atoms with E-state index in [9.17, 15) is 5.11 Å². The Hall–Kier alpha value is -0.120. The summed E-state index contributed by atoms with van der Waals surface area (Å²) in [6.07, 6.45) is 13.2. The maximum atomic E-state index is 10.7. The average Bonchev–Trinajstić information content (AvgIpc) is 2.57. The molecular weight excluding hydrogens is 284 g/mol. The first kappa shape index (κ1) is 19.2. The van der Waals surface area contributed by atoms with Crippen molar-refractivity contribution in [1.29, 1.82) is 0 Å². The Morgan fingerprint density at radius 1 is 1.00 bits per heavy atom. The summed E-state index contributed by atoms with van der Waals surface area (Å²) in [5.41, 5.74) is 0. The van der Waals surface area contributed by atoms with E-state index in [0.29, 0.717) is 0 Å². The lowest BCUT2D eigenvalue weighted by atomic mass is 9.78. The van der Waals surface area contributed by atoms with Gasteiger partial charge in [-0.1, -0.05) is 39.5 Å². The Balaban J connectivity index is 1.79. The Labute approximate surface area is 144 Å². The van der Waals surface area contributed by atoms with Crippen molar-refractivity contribution in [3.05, 3.63) is 0 Å². The van der Waals surface area contributed by atoms with Gasteiger partial charge in [-0.2, -0.15) is 0 Å². The number of aliphatic hydroxyl groups excluding tert-OH is 1. The monoisotopic (exact) mass is 324 g/mol. The number of hydrogen-bond donors (Lipinski definition) is 1. The molecule has 0 aromatic heterocycles. The van der Waals surface area contributed by atoms with Gasteiger partial charge in [0.05, 0.1) is 6.10 Å². The molecule has 1 aliphatic heterocycles. The van der Waals surface area contributed by atoms with Crippen molar-refractivity contribution in [2.45, 2.75) is 90.2 Å². The van der Waals surface area contributed by atoms with Gasteiger partial charge in [0.15, 0.2) is 0 Å². The molecular formula is C20H40N2O. The first-order chi connectivity index (χ1) is 11.2. The smallest absolute Gasteiger partial charge is 0.0793 e. The summed E-state index contributed by atoms with van der Waals surface area (Å²) in [5.74, 6) is 0.918. The minimum Gasteiger partial charge on any atom is -0.390 e. The SMILES string of the molecule is CCCCN(CCCC)CC(O)CN1CCC[C@H]2CCCC[C@@H]21. The zero-order valence-corrected chi connectivity index (χ0v) is 15.7. The van der Waals surface area contributed by atoms with Gasteiger partial charge in [-0.3, -0.25) is 4.90 Å². The third-order valence-electron chi connectivity index (χ3n) is 5.93. The van der Waals surface area contributed by atoms with Crippen LogP contribution in [0.2, 0.25) is 0 Å². The van der Waals surface area contributed by atoms with Crippen LogP contribution in [-0.4, -0.2) is 59.8 Å². The van der Waals surface area contributed by atoms with Crippen molar-refractivity contribution in [1.82, 2.24) is 9.80 Å². The second-order valence-corrected chi connectivity index (χ2v) is 7.91. The van der Waals surface area contributed by atoms with Crippen molar-refractivity contribution in [2.75, 3.05) is 32.7 Å². The lowest BCUT2D eigenvalue weighted by molar-refractivity contribution is 0.00930. The quantitative estimate of drug-likeness (QED) is 0.660. The number of hydrogen-bond acceptors (Lipinski definition) is 3. The molecule has 3 heteroatoms. The van der Waals surface area contributed by atoms with E-state index >= 15 is 0 Å². The number of fused-ring (bicyclic) bond motifs is 1. The zero-order valence-electron chi connectivity index (χ0n) is 15.7. The van der Waals surface area contributed by atoms with Crippen LogP contribution in [0.4, 0.5) is 0 Å². The Bertz CT molecular complexity index is 300. The minimum absolute atomic E-state index is 0.176. The highest BCUT2D eigenvalue weighted by Gasteiger charge is 2.33. The highest BCUT2D eigenvalue weighted by Crippen LogP contribution is 2.35. The van der Waals surface area contributed by atoms with E-state index in [2.05, 4.69) is 23.6 Å². The summed E-state index contributed by atoms with van der Waals surface area (Å²) < 4.78 is 0.